The van der Waals surface area contributed by atoms with Gasteiger partial charge in [0.15, 0.2) is 0 Å². The zero-order valence-corrected chi connectivity index (χ0v) is 7.38. The van der Waals surface area contributed by atoms with E-state index in [1.165, 1.54) is 0 Å². The quantitative estimate of drug-likeness (QED) is 0.697. The number of fused-ring (bicyclic) bond motifs is 1. The van der Waals surface area contributed by atoms with Crippen molar-refractivity contribution < 1.29 is 9.90 Å². The minimum atomic E-state index is -0.949. The molecule has 0 amide bonds. The number of nitrogens with zero attached hydrogens (tertiary/aromatic N) is 1. The fourth-order valence-corrected chi connectivity index (χ4v) is 1.64. The number of aliphatic carboxylic acids is 1. The molecule has 0 aromatic heterocycles. The largest absolute Gasteiger partial charge is 0.478 e. The lowest BCUT2D eigenvalue weighted by Gasteiger charge is -1.92. The van der Waals surface area contributed by atoms with Crippen molar-refractivity contribution in [2.75, 3.05) is 6.54 Å². The van der Waals surface area contributed by atoms with Crippen LogP contribution in [0.5, 0.6) is 0 Å². The van der Waals surface area contributed by atoms with Gasteiger partial charge in [0.05, 0.1) is 22.5 Å². The van der Waals surface area contributed by atoms with Crippen LogP contribution in [0.1, 0.15) is 0 Å². The van der Waals surface area contributed by atoms with Gasteiger partial charge in [0.25, 0.3) is 0 Å². The summed E-state index contributed by atoms with van der Waals surface area (Å²) in [4.78, 5) is 14.8. The average Bonchev–Trinajstić information content (AvgIpc) is 2.49. The monoisotopic (exact) mass is 195 g/mol. The summed E-state index contributed by atoms with van der Waals surface area (Å²) in [7, 11) is 0. The number of carboxylic acid groups (broad SMARTS) is 1. The summed E-state index contributed by atoms with van der Waals surface area (Å²) in [5.74, 6) is -0.949. The molecule has 3 nitrogen and oxygen atoms in total. The Balaban J connectivity index is 2.90. The van der Waals surface area contributed by atoms with E-state index in [4.69, 9.17) is 16.7 Å². The van der Waals surface area contributed by atoms with E-state index < -0.39 is 5.97 Å². The third-order valence-electron chi connectivity index (χ3n) is 1.96. The molecule has 0 fully saturated rings. The smallest absolute Gasteiger partial charge is 0.334 e. The molecule has 1 N–H and O–H groups in total. The van der Waals surface area contributed by atoms with Crippen LogP contribution in [-0.2, 0) is 4.79 Å². The second-order valence-electron chi connectivity index (χ2n) is 2.73. The van der Waals surface area contributed by atoms with Gasteiger partial charge in [0.1, 0.15) is 0 Å². The van der Waals surface area contributed by atoms with Gasteiger partial charge in [-0.1, -0.05) is 17.7 Å². The number of carboxylic acids is 1. The Bertz CT molecular complexity index is 493. The van der Waals surface area contributed by atoms with Crippen molar-refractivity contribution in [3.63, 3.8) is 0 Å². The summed E-state index contributed by atoms with van der Waals surface area (Å²) in [5, 5.41) is 10.5. The maximum absolute atomic E-state index is 10.8. The van der Waals surface area contributed by atoms with Crippen molar-refractivity contribution in [1.29, 1.82) is 0 Å². The molecule has 1 aromatic rings. The van der Waals surface area contributed by atoms with E-state index in [2.05, 4.69) is 4.99 Å². The van der Waals surface area contributed by atoms with Gasteiger partial charge < -0.3 is 5.11 Å². The van der Waals surface area contributed by atoms with E-state index in [9.17, 15) is 4.79 Å². The molecule has 1 aliphatic heterocycles. The minimum Gasteiger partial charge on any atom is -0.478 e. The normalized spacial score (nSPS) is 13.8. The lowest BCUT2D eigenvalue weighted by Crippen LogP contribution is -2.26. The van der Waals surface area contributed by atoms with Crippen molar-refractivity contribution in [2.24, 2.45) is 4.99 Å². The summed E-state index contributed by atoms with van der Waals surface area (Å²) in [6, 6.07) is 5.19. The predicted molar refractivity (Wildman–Crippen MR) is 48.1 cm³/mol. The van der Waals surface area contributed by atoms with Gasteiger partial charge in [-0.25, -0.2) is 4.79 Å². The molecule has 0 saturated heterocycles. The molecule has 1 aromatic carbocycles. The molecule has 1 aliphatic rings. The molecular weight excluding hydrogens is 190 g/mol. The van der Waals surface area contributed by atoms with Gasteiger partial charge in [0, 0.05) is 5.22 Å². The standard InChI is InChI=1S/C9H6ClNO2/c10-6-2-1-3-7-8(6)5(4-11-7)9(12)13/h1-3H,4H2,(H,12,13). The predicted octanol–water partition coefficient (Wildman–Crippen LogP) is 0.209. The molecular formula is C9H6ClNO2. The molecule has 0 saturated carbocycles. The third kappa shape index (κ3) is 1.21. The zero-order valence-electron chi connectivity index (χ0n) is 6.62. The number of halogens is 1. The highest BCUT2D eigenvalue weighted by molar-refractivity contribution is 6.31. The summed E-state index contributed by atoms with van der Waals surface area (Å²) in [6.45, 7) is 0.217. The van der Waals surface area contributed by atoms with Gasteiger partial charge in [-0.05, 0) is 12.1 Å². The van der Waals surface area contributed by atoms with Crippen molar-refractivity contribution in [3.8, 4) is 0 Å². The Labute approximate surface area is 79.0 Å². The van der Waals surface area contributed by atoms with Crippen molar-refractivity contribution >= 4 is 23.1 Å². The summed E-state index contributed by atoms with van der Waals surface area (Å²) in [5.41, 5.74) is 0.278. The van der Waals surface area contributed by atoms with Crippen LogP contribution in [0.15, 0.2) is 23.2 Å². The number of rotatable bonds is 1. The van der Waals surface area contributed by atoms with Gasteiger partial charge >= 0.3 is 5.97 Å². The molecule has 4 heteroatoms. The second kappa shape index (κ2) is 2.85. The van der Waals surface area contributed by atoms with E-state index in [1.807, 2.05) is 0 Å². The third-order valence-corrected chi connectivity index (χ3v) is 2.27. The number of benzene rings is 1. The van der Waals surface area contributed by atoms with E-state index >= 15 is 0 Å². The molecule has 66 valence electrons. The first-order valence-corrected chi connectivity index (χ1v) is 4.13. The van der Waals surface area contributed by atoms with E-state index in [-0.39, 0.29) is 12.1 Å². The Morgan fingerprint density at radius 3 is 3.00 bits per heavy atom. The van der Waals surface area contributed by atoms with Gasteiger partial charge in [-0.2, -0.15) is 0 Å². The Morgan fingerprint density at radius 2 is 2.31 bits per heavy atom. The Hall–Kier alpha value is -1.35. The van der Waals surface area contributed by atoms with Crippen LogP contribution in [0, 0.1) is 0 Å². The second-order valence-corrected chi connectivity index (χ2v) is 3.14. The highest BCUT2D eigenvalue weighted by atomic mass is 35.5. The SMILES string of the molecule is O=C(O)C1=c2c(Cl)cccc2=NC1. The number of carbonyl (C=O) groups is 1. The molecule has 0 radical (unpaired) electrons. The zero-order chi connectivity index (χ0) is 9.42. The maximum atomic E-state index is 10.8. The molecule has 0 spiro atoms. The van der Waals surface area contributed by atoms with Crippen molar-refractivity contribution in [2.45, 2.75) is 0 Å². The van der Waals surface area contributed by atoms with Gasteiger partial charge in [0.2, 0.25) is 0 Å². The summed E-state index contributed by atoms with van der Waals surface area (Å²) in [6.07, 6.45) is 0. The first-order valence-electron chi connectivity index (χ1n) is 3.75. The fourth-order valence-electron chi connectivity index (χ4n) is 1.36. The maximum Gasteiger partial charge on any atom is 0.334 e. The topological polar surface area (TPSA) is 49.7 Å². The molecule has 0 unspecified atom stereocenters. The number of hydrogen-bond donors (Lipinski definition) is 1. The first-order chi connectivity index (χ1) is 6.20. The van der Waals surface area contributed by atoms with Crippen LogP contribution in [-0.4, -0.2) is 17.6 Å². The van der Waals surface area contributed by atoms with Crippen molar-refractivity contribution in [3.05, 3.63) is 33.8 Å². The Kier molecular flexibility index (Phi) is 1.81. The van der Waals surface area contributed by atoms with E-state index in [1.54, 1.807) is 18.2 Å². The van der Waals surface area contributed by atoms with Crippen LogP contribution >= 0.6 is 11.6 Å². The fraction of sp³-hybridized carbons (Fsp3) is 0.111. The average molecular weight is 196 g/mol. The summed E-state index contributed by atoms with van der Waals surface area (Å²) >= 11 is 5.86. The highest BCUT2D eigenvalue weighted by Crippen LogP contribution is 2.04. The lowest BCUT2D eigenvalue weighted by atomic mass is 10.2. The molecule has 2 rings (SSSR count). The van der Waals surface area contributed by atoms with E-state index in [0.29, 0.717) is 15.6 Å². The van der Waals surface area contributed by atoms with Crippen LogP contribution in [0.25, 0.3) is 5.57 Å². The molecule has 0 atom stereocenters. The molecule has 1 heterocycles. The van der Waals surface area contributed by atoms with Crippen LogP contribution in [0.4, 0.5) is 0 Å². The first kappa shape index (κ1) is 8.26. The van der Waals surface area contributed by atoms with Gasteiger partial charge in [-0.3, -0.25) is 4.99 Å². The van der Waals surface area contributed by atoms with E-state index in [0.717, 1.165) is 0 Å². The van der Waals surface area contributed by atoms with Gasteiger partial charge in [-0.15, -0.1) is 0 Å². The van der Waals surface area contributed by atoms with Crippen LogP contribution in [0.2, 0.25) is 5.02 Å². The van der Waals surface area contributed by atoms with Crippen molar-refractivity contribution in [1.82, 2.24) is 0 Å². The minimum absolute atomic E-state index is 0.217. The Morgan fingerprint density at radius 1 is 1.54 bits per heavy atom. The summed E-state index contributed by atoms with van der Waals surface area (Å²) < 4.78 is 0. The van der Waals surface area contributed by atoms with Crippen LogP contribution < -0.4 is 10.6 Å². The highest BCUT2D eigenvalue weighted by Gasteiger charge is 2.14. The lowest BCUT2D eigenvalue weighted by molar-refractivity contribution is -0.130. The molecule has 0 aliphatic carbocycles. The molecule has 0 bridgehead atoms. The van der Waals surface area contributed by atoms with Crippen LogP contribution in [0.3, 0.4) is 0 Å². The number of hydrogen-bond acceptors (Lipinski definition) is 2. The molecule has 13 heavy (non-hydrogen) atoms.